The van der Waals surface area contributed by atoms with Crippen LogP contribution in [0.4, 0.5) is 28.7 Å². The molecule has 10 heteroatoms. The highest BCUT2D eigenvalue weighted by molar-refractivity contribution is 6.05. The Kier molecular flexibility index (Phi) is 7.38. The maximum atomic E-state index is 14.5. The van der Waals surface area contributed by atoms with Crippen LogP contribution in [-0.4, -0.2) is 66.9 Å². The molecule has 4 aromatic rings. The molecule has 2 aliphatic rings. The number of para-hydroxylation sites is 1. The van der Waals surface area contributed by atoms with E-state index in [0.717, 1.165) is 47.4 Å². The number of carbonyl (C=O) groups is 1. The summed E-state index contributed by atoms with van der Waals surface area (Å²) in [5.41, 5.74) is 5.07. The van der Waals surface area contributed by atoms with Gasteiger partial charge in [-0.2, -0.15) is 4.98 Å². The average molecular weight is 566 g/mol. The molecule has 1 saturated carbocycles. The standard InChI is InChI=1S/C32H35N7O3/c1-5-28(40)38-16-15-37(26-8-6-7-21(2)29(26)38)27-19-22-20-33-32(34-23-9-10-23)35-30(22)39(31(27)41)25-13-11-24(12-14-25)36(3)17-18-42-4/h5-8,11-14,19-20,23H,1,9-10,15-18H2,2-4H3,(H,33,34,35). The number of aromatic nitrogens is 3. The molecule has 0 radical (unpaired) electrons. The Labute approximate surface area is 244 Å². The Bertz CT molecular complexity index is 1710. The molecule has 1 aliphatic heterocycles. The van der Waals surface area contributed by atoms with E-state index >= 15 is 0 Å². The van der Waals surface area contributed by atoms with Crippen LogP contribution in [0.2, 0.25) is 0 Å². The molecule has 2 aromatic carbocycles. The van der Waals surface area contributed by atoms with Crippen LogP contribution in [0, 0.1) is 6.92 Å². The van der Waals surface area contributed by atoms with Gasteiger partial charge in [0.05, 0.1) is 23.7 Å². The first-order chi connectivity index (χ1) is 20.4. The highest BCUT2D eigenvalue weighted by atomic mass is 16.5. The number of pyridine rings is 1. The van der Waals surface area contributed by atoms with E-state index in [0.29, 0.717) is 48.7 Å². The van der Waals surface area contributed by atoms with Gasteiger partial charge >= 0.3 is 0 Å². The second kappa shape index (κ2) is 11.3. The van der Waals surface area contributed by atoms with Gasteiger partial charge in [0.25, 0.3) is 11.5 Å². The molecule has 0 bridgehead atoms. The van der Waals surface area contributed by atoms with E-state index in [4.69, 9.17) is 9.72 Å². The number of benzene rings is 2. The first-order valence-corrected chi connectivity index (χ1v) is 14.2. The maximum Gasteiger partial charge on any atom is 0.280 e. The molecule has 1 fully saturated rings. The monoisotopic (exact) mass is 565 g/mol. The maximum absolute atomic E-state index is 14.5. The molecule has 0 atom stereocenters. The lowest BCUT2D eigenvalue weighted by Gasteiger charge is -2.38. The topological polar surface area (TPSA) is 95.8 Å². The number of nitrogens with zero attached hydrogens (tertiary/aromatic N) is 6. The van der Waals surface area contributed by atoms with Crippen LogP contribution in [0.3, 0.4) is 0 Å². The molecule has 6 rings (SSSR count). The zero-order valence-electron chi connectivity index (χ0n) is 24.2. The summed E-state index contributed by atoms with van der Waals surface area (Å²) in [6.45, 7) is 7.88. The normalized spacial score (nSPS) is 14.5. The van der Waals surface area contributed by atoms with Gasteiger partial charge in [-0.05, 0) is 67.8 Å². The third kappa shape index (κ3) is 5.09. The van der Waals surface area contributed by atoms with Gasteiger partial charge in [0.15, 0.2) is 5.65 Å². The van der Waals surface area contributed by atoms with Crippen LogP contribution in [0.25, 0.3) is 16.7 Å². The predicted molar refractivity (Wildman–Crippen MR) is 168 cm³/mol. The number of fused-ring (bicyclic) bond motifs is 2. The van der Waals surface area contributed by atoms with Gasteiger partial charge in [-0.25, -0.2) is 4.98 Å². The molecule has 0 spiro atoms. The first-order valence-electron chi connectivity index (χ1n) is 14.2. The Morgan fingerprint density at radius 2 is 1.95 bits per heavy atom. The van der Waals surface area contributed by atoms with E-state index < -0.39 is 0 Å². The van der Waals surface area contributed by atoms with Gasteiger partial charge in [-0.1, -0.05) is 18.7 Å². The van der Waals surface area contributed by atoms with Crippen molar-refractivity contribution >= 4 is 45.6 Å². The Morgan fingerprint density at radius 1 is 1.17 bits per heavy atom. The largest absolute Gasteiger partial charge is 0.383 e. The highest BCUT2D eigenvalue weighted by Gasteiger charge is 2.30. The third-order valence-corrected chi connectivity index (χ3v) is 7.87. The summed E-state index contributed by atoms with van der Waals surface area (Å²) in [5.74, 6) is 0.347. The number of methoxy groups -OCH3 is 1. The Morgan fingerprint density at radius 3 is 2.67 bits per heavy atom. The van der Waals surface area contributed by atoms with Gasteiger partial charge in [0.1, 0.15) is 5.69 Å². The summed E-state index contributed by atoms with van der Waals surface area (Å²) in [6, 6.07) is 16.0. The van der Waals surface area contributed by atoms with Crippen LogP contribution in [-0.2, 0) is 9.53 Å². The number of carbonyl (C=O) groups excluding carboxylic acids is 1. The van der Waals surface area contributed by atoms with Crippen molar-refractivity contribution in [1.29, 1.82) is 0 Å². The molecular weight excluding hydrogens is 530 g/mol. The van der Waals surface area contributed by atoms with Crippen molar-refractivity contribution in [3.05, 3.63) is 83.3 Å². The summed E-state index contributed by atoms with van der Waals surface area (Å²) in [7, 11) is 3.70. The lowest BCUT2D eigenvalue weighted by Crippen LogP contribution is -2.43. The molecule has 216 valence electrons. The molecule has 1 N–H and O–H groups in total. The number of hydrogen-bond donors (Lipinski definition) is 1. The summed E-state index contributed by atoms with van der Waals surface area (Å²) in [4.78, 5) is 42.4. The van der Waals surface area contributed by atoms with Gasteiger partial charge in [0, 0.05) is 57.1 Å². The van der Waals surface area contributed by atoms with Gasteiger partial charge in [-0.3, -0.25) is 14.2 Å². The number of ether oxygens (including phenoxy) is 1. The van der Waals surface area contributed by atoms with E-state index in [2.05, 4.69) is 21.8 Å². The zero-order chi connectivity index (χ0) is 29.4. The SMILES string of the molecule is C=CC(=O)N1CCN(c2cc3cnc(NC4CC4)nc3n(-c3ccc(N(C)CCOC)cc3)c2=O)c2cccc(C)c21. The van der Waals surface area contributed by atoms with Crippen LogP contribution >= 0.6 is 0 Å². The van der Waals surface area contributed by atoms with E-state index in [-0.39, 0.29) is 11.5 Å². The minimum Gasteiger partial charge on any atom is -0.383 e. The quantitative estimate of drug-likeness (QED) is 0.298. The van der Waals surface area contributed by atoms with Crippen molar-refractivity contribution in [2.24, 2.45) is 0 Å². The van der Waals surface area contributed by atoms with Crippen LogP contribution in [0.5, 0.6) is 0 Å². The highest BCUT2D eigenvalue weighted by Crippen LogP contribution is 2.40. The van der Waals surface area contributed by atoms with Crippen molar-refractivity contribution in [1.82, 2.24) is 14.5 Å². The fourth-order valence-electron chi connectivity index (χ4n) is 5.43. The van der Waals surface area contributed by atoms with Crippen molar-refractivity contribution < 1.29 is 9.53 Å². The van der Waals surface area contributed by atoms with Gasteiger partial charge in [-0.15, -0.1) is 0 Å². The minimum atomic E-state index is -0.199. The lowest BCUT2D eigenvalue weighted by molar-refractivity contribution is -0.114. The number of rotatable bonds is 9. The zero-order valence-corrected chi connectivity index (χ0v) is 24.2. The van der Waals surface area contributed by atoms with Crippen molar-refractivity contribution in [3.8, 4) is 5.69 Å². The molecule has 1 amide bonds. The van der Waals surface area contributed by atoms with E-state index in [1.54, 1.807) is 22.8 Å². The average Bonchev–Trinajstić information content (AvgIpc) is 3.83. The van der Waals surface area contributed by atoms with E-state index in [1.165, 1.54) is 6.08 Å². The van der Waals surface area contributed by atoms with Crippen molar-refractivity contribution in [3.63, 3.8) is 0 Å². The second-order valence-electron chi connectivity index (χ2n) is 10.8. The minimum absolute atomic E-state index is 0.166. The Hall–Kier alpha value is -4.70. The fourth-order valence-corrected chi connectivity index (χ4v) is 5.43. The number of hydrogen-bond acceptors (Lipinski definition) is 8. The molecule has 0 unspecified atom stereocenters. The second-order valence-corrected chi connectivity index (χ2v) is 10.8. The van der Waals surface area contributed by atoms with E-state index in [1.807, 2.05) is 67.4 Å². The molecule has 0 saturated heterocycles. The summed E-state index contributed by atoms with van der Waals surface area (Å²) in [6.07, 6.45) is 5.28. The Balaban J connectivity index is 1.50. The molecule has 1 aliphatic carbocycles. The first kappa shape index (κ1) is 27.5. The summed E-state index contributed by atoms with van der Waals surface area (Å²) >= 11 is 0. The van der Waals surface area contributed by atoms with Crippen LogP contribution in [0.1, 0.15) is 18.4 Å². The van der Waals surface area contributed by atoms with Crippen molar-refractivity contribution in [2.75, 3.05) is 60.4 Å². The van der Waals surface area contributed by atoms with Gasteiger partial charge in [0.2, 0.25) is 5.95 Å². The number of amides is 1. The third-order valence-electron chi connectivity index (χ3n) is 7.87. The van der Waals surface area contributed by atoms with Gasteiger partial charge < -0.3 is 24.8 Å². The fraction of sp³-hybridized carbons (Fsp3) is 0.312. The lowest BCUT2D eigenvalue weighted by atomic mass is 10.1. The predicted octanol–water partition coefficient (Wildman–Crippen LogP) is 4.42. The molecule has 42 heavy (non-hydrogen) atoms. The van der Waals surface area contributed by atoms with Crippen LogP contribution in [0.15, 0.2) is 72.2 Å². The summed E-state index contributed by atoms with van der Waals surface area (Å²) in [5, 5.41) is 4.10. The molecule has 10 nitrogen and oxygen atoms in total. The van der Waals surface area contributed by atoms with Crippen LogP contribution < -0.4 is 25.6 Å². The summed E-state index contributed by atoms with van der Waals surface area (Å²) < 4.78 is 6.89. The smallest absolute Gasteiger partial charge is 0.280 e. The molecule has 2 aromatic heterocycles. The number of aryl methyl sites for hydroxylation is 1. The van der Waals surface area contributed by atoms with Crippen molar-refractivity contribution in [2.45, 2.75) is 25.8 Å². The number of likely N-dealkylation sites (N-methyl/N-ethyl adjacent to an activating group) is 1. The molecular formula is C32H35N7O3. The molecule has 3 heterocycles. The number of nitrogens with one attached hydrogen (secondary N) is 1. The van der Waals surface area contributed by atoms with E-state index in [9.17, 15) is 9.59 Å². The number of anilines is 5.